The predicted octanol–water partition coefficient (Wildman–Crippen LogP) is 2.86. The van der Waals surface area contributed by atoms with Gasteiger partial charge in [0.1, 0.15) is 0 Å². The summed E-state index contributed by atoms with van der Waals surface area (Å²) in [4.78, 5) is 13.9. The molecule has 0 spiro atoms. The number of hydrogen-bond donors (Lipinski definition) is 1. The molecule has 1 amide bonds. The van der Waals surface area contributed by atoms with Crippen LogP contribution in [-0.4, -0.2) is 22.9 Å². The van der Waals surface area contributed by atoms with Gasteiger partial charge in [-0.15, -0.1) is 0 Å². The first-order valence-electron chi connectivity index (χ1n) is 7.12. The lowest BCUT2D eigenvalue weighted by atomic mass is 9.90. The van der Waals surface area contributed by atoms with Gasteiger partial charge in [0.25, 0.3) is 0 Å². The molecule has 2 atom stereocenters. The summed E-state index contributed by atoms with van der Waals surface area (Å²) in [6, 6.07) is 4.69. The van der Waals surface area contributed by atoms with Crippen LogP contribution in [0.25, 0.3) is 0 Å². The predicted molar refractivity (Wildman–Crippen MR) is 71.3 cm³/mol. The Hall–Kier alpha value is -1.56. The third kappa shape index (κ3) is 2.77. The summed E-state index contributed by atoms with van der Waals surface area (Å²) in [5, 5.41) is 0. The van der Waals surface area contributed by atoms with Crippen molar-refractivity contribution in [3.8, 4) is 0 Å². The van der Waals surface area contributed by atoms with Crippen molar-refractivity contribution in [2.45, 2.75) is 50.0 Å². The summed E-state index contributed by atoms with van der Waals surface area (Å²) in [6.45, 7) is 0. The molecule has 1 saturated heterocycles. The largest absolute Gasteiger partial charge is 0.416 e. The molecule has 1 heterocycles. The molecule has 3 nitrogen and oxygen atoms in total. The second-order valence-corrected chi connectivity index (χ2v) is 5.80. The standard InChI is InChI=1S/C15H17F3N2O/c16-15(17,18)10-3-1-9(2-4-10)14-12(19)7-8-13(21)20(14)11-5-6-11/h1-4,11-12,14H,5-8,19H2. The Bertz CT molecular complexity index is 537. The molecule has 2 N–H and O–H groups in total. The number of likely N-dealkylation sites (tertiary alicyclic amines) is 1. The minimum atomic E-state index is -4.35. The fraction of sp³-hybridized carbons (Fsp3) is 0.533. The maximum atomic E-state index is 12.6. The van der Waals surface area contributed by atoms with Crippen molar-refractivity contribution in [2.24, 2.45) is 5.73 Å². The lowest BCUT2D eigenvalue weighted by Gasteiger charge is -2.40. The van der Waals surface area contributed by atoms with Gasteiger partial charge >= 0.3 is 6.18 Å². The van der Waals surface area contributed by atoms with E-state index in [1.807, 2.05) is 0 Å². The Kier molecular flexibility index (Phi) is 3.43. The van der Waals surface area contributed by atoms with Gasteiger partial charge in [-0.05, 0) is 37.0 Å². The number of carbonyl (C=O) groups excluding carboxylic acids is 1. The number of benzene rings is 1. The van der Waals surface area contributed by atoms with E-state index in [0.717, 1.165) is 25.0 Å². The van der Waals surface area contributed by atoms with E-state index in [1.165, 1.54) is 12.1 Å². The average molecular weight is 298 g/mol. The molecule has 2 aliphatic rings. The lowest BCUT2D eigenvalue weighted by Crippen LogP contribution is -2.49. The Balaban J connectivity index is 1.90. The fourth-order valence-corrected chi connectivity index (χ4v) is 3.00. The first kappa shape index (κ1) is 14.4. The van der Waals surface area contributed by atoms with Crippen LogP contribution in [0.15, 0.2) is 24.3 Å². The van der Waals surface area contributed by atoms with Gasteiger partial charge in [-0.25, -0.2) is 0 Å². The summed E-state index contributed by atoms with van der Waals surface area (Å²) in [5.41, 5.74) is 6.15. The van der Waals surface area contributed by atoms with Crippen LogP contribution < -0.4 is 5.73 Å². The Morgan fingerprint density at radius 2 is 1.71 bits per heavy atom. The van der Waals surface area contributed by atoms with E-state index in [1.54, 1.807) is 4.90 Å². The molecular formula is C15H17F3N2O. The Morgan fingerprint density at radius 1 is 1.10 bits per heavy atom. The van der Waals surface area contributed by atoms with Crippen molar-refractivity contribution < 1.29 is 18.0 Å². The molecule has 1 aliphatic carbocycles. The van der Waals surface area contributed by atoms with Crippen molar-refractivity contribution in [3.63, 3.8) is 0 Å². The monoisotopic (exact) mass is 298 g/mol. The maximum Gasteiger partial charge on any atom is 0.416 e. The number of nitrogens with two attached hydrogens (primary N) is 1. The van der Waals surface area contributed by atoms with Crippen LogP contribution in [0.1, 0.15) is 42.9 Å². The first-order valence-corrected chi connectivity index (χ1v) is 7.12. The lowest BCUT2D eigenvalue weighted by molar-refractivity contribution is -0.139. The van der Waals surface area contributed by atoms with Crippen molar-refractivity contribution in [1.29, 1.82) is 0 Å². The second-order valence-electron chi connectivity index (χ2n) is 5.80. The van der Waals surface area contributed by atoms with Crippen molar-refractivity contribution in [1.82, 2.24) is 4.90 Å². The Morgan fingerprint density at radius 3 is 2.24 bits per heavy atom. The van der Waals surface area contributed by atoms with Gasteiger partial charge in [0.2, 0.25) is 5.91 Å². The SMILES string of the molecule is NC1CCC(=O)N(C2CC2)C1c1ccc(C(F)(F)F)cc1. The molecule has 21 heavy (non-hydrogen) atoms. The highest BCUT2D eigenvalue weighted by molar-refractivity contribution is 5.78. The van der Waals surface area contributed by atoms with Gasteiger partial charge in [0.15, 0.2) is 0 Å². The molecule has 114 valence electrons. The summed E-state index contributed by atoms with van der Waals surface area (Å²) in [6.07, 6.45) is -1.44. The number of hydrogen-bond acceptors (Lipinski definition) is 2. The van der Waals surface area contributed by atoms with Crippen LogP contribution >= 0.6 is 0 Å². The number of rotatable bonds is 2. The van der Waals surface area contributed by atoms with Gasteiger partial charge in [-0.1, -0.05) is 12.1 Å². The van der Waals surface area contributed by atoms with Crippen LogP contribution in [0.5, 0.6) is 0 Å². The van der Waals surface area contributed by atoms with E-state index in [2.05, 4.69) is 0 Å². The summed E-state index contributed by atoms with van der Waals surface area (Å²) >= 11 is 0. The topological polar surface area (TPSA) is 46.3 Å². The highest BCUT2D eigenvalue weighted by Gasteiger charge is 2.43. The minimum Gasteiger partial charge on any atom is -0.331 e. The third-order valence-electron chi connectivity index (χ3n) is 4.20. The summed E-state index contributed by atoms with van der Waals surface area (Å²) < 4.78 is 37.9. The van der Waals surface area contributed by atoms with Crippen molar-refractivity contribution in [3.05, 3.63) is 35.4 Å². The van der Waals surface area contributed by atoms with Gasteiger partial charge in [-0.3, -0.25) is 4.79 Å². The average Bonchev–Trinajstić information content (AvgIpc) is 3.24. The molecule has 0 radical (unpaired) electrons. The van der Waals surface area contributed by atoms with E-state index in [9.17, 15) is 18.0 Å². The molecule has 6 heteroatoms. The molecule has 1 aromatic rings. The first-order chi connectivity index (χ1) is 9.88. The number of halogens is 3. The van der Waals surface area contributed by atoms with Gasteiger partial charge < -0.3 is 10.6 Å². The number of piperidine rings is 1. The molecule has 0 bridgehead atoms. The quantitative estimate of drug-likeness (QED) is 0.912. The third-order valence-corrected chi connectivity index (χ3v) is 4.20. The number of amides is 1. The van der Waals surface area contributed by atoms with E-state index in [4.69, 9.17) is 5.73 Å². The molecule has 1 aliphatic heterocycles. The van der Waals surface area contributed by atoms with E-state index >= 15 is 0 Å². The van der Waals surface area contributed by atoms with Crippen molar-refractivity contribution >= 4 is 5.91 Å². The highest BCUT2D eigenvalue weighted by Crippen LogP contribution is 2.40. The molecule has 1 aromatic carbocycles. The normalized spacial score (nSPS) is 27.0. The van der Waals surface area contributed by atoms with E-state index in [0.29, 0.717) is 18.4 Å². The van der Waals surface area contributed by atoms with Crippen molar-refractivity contribution in [2.75, 3.05) is 0 Å². The van der Waals surface area contributed by atoms with E-state index < -0.39 is 11.7 Å². The second kappa shape index (κ2) is 5.02. The molecule has 2 unspecified atom stereocenters. The molecule has 2 fully saturated rings. The molecule has 3 rings (SSSR count). The van der Waals surface area contributed by atoms with Gasteiger partial charge in [-0.2, -0.15) is 13.2 Å². The zero-order valence-corrected chi connectivity index (χ0v) is 11.4. The van der Waals surface area contributed by atoms with Crippen LogP contribution in [0, 0.1) is 0 Å². The summed E-state index contributed by atoms with van der Waals surface area (Å²) in [5.74, 6) is 0.0593. The number of carbonyl (C=O) groups is 1. The van der Waals surface area contributed by atoms with Crippen LogP contribution in [0.2, 0.25) is 0 Å². The van der Waals surface area contributed by atoms with Gasteiger partial charge in [0.05, 0.1) is 11.6 Å². The number of nitrogens with zero attached hydrogens (tertiary/aromatic N) is 1. The molecule has 1 saturated carbocycles. The van der Waals surface area contributed by atoms with Crippen LogP contribution in [0.3, 0.4) is 0 Å². The zero-order valence-electron chi connectivity index (χ0n) is 11.4. The zero-order chi connectivity index (χ0) is 15.2. The van der Waals surface area contributed by atoms with Gasteiger partial charge in [0, 0.05) is 18.5 Å². The molecular weight excluding hydrogens is 281 g/mol. The number of alkyl halides is 3. The Labute approximate surface area is 120 Å². The smallest absolute Gasteiger partial charge is 0.331 e. The van der Waals surface area contributed by atoms with Crippen LogP contribution in [0.4, 0.5) is 13.2 Å². The van der Waals surface area contributed by atoms with Crippen LogP contribution in [-0.2, 0) is 11.0 Å². The maximum absolute atomic E-state index is 12.6. The summed E-state index contributed by atoms with van der Waals surface area (Å²) in [7, 11) is 0. The minimum absolute atomic E-state index is 0.0593. The van der Waals surface area contributed by atoms with E-state index in [-0.39, 0.29) is 24.0 Å². The highest BCUT2D eigenvalue weighted by atomic mass is 19.4. The fourth-order valence-electron chi connectivity index (χ4n) is 3.00. The molecule has 0 aromatic heterocycles.